The van der Waals surface area contributed by atoms with Crippen molar-refractivity contribution in [2.45, 2.75) is 11.8 Å². The van der Waals surface area contributed by atoms with Gasteiger partial charge in [0.2, 0.25) is 0 Å². The summed E-state index contributed by atoms with van der Waals surface area (Å²) in [5.41, 5.74) is 2.18. The summed E-state index contributed by atoms with van der Waals surface area (Å²) in [6.45, 7) is 2.06. The van der Waals surface area contributed by atoms with Gasteiger partial charge in [0.1, 0.15) is 5.65 Å². The summed E-state index contributed by atoms with van der Waals surface area (Å²) in [4.78, 5) is 8.68. The molecule has 2 aromatic heterocycles. The Morgan fingerprint density at radius 1 is 1.50 bits per heavy atom. The fourth-order valence-corrected chi connectivity index (χ4v) is 1.80. The van der Waals surface area contributed by atoms with Gasteiger partial charge in [-0.1, -0.05) is 0 Å². The van der Waals surface area contributed by atoms with Crippen molar-refractivity contribution in [1.82, 2.24) is 9.97 Å². The molecular formula is C9H10N2S. The largest absolute Gasteiger partial charge is 0.345 e. The summed E-state index contributed by atoms with van der Waals surface area (Å²) in [6, 6.07) is 2.16. The van der Waals surface area contributed by atoms with Crippen LogP contribution in [0.3, 0.4) is 0 Å². The molecule has 0 saturated heterocycles. The Morgan fingerprint density at radius 3 is 3.08 bits per heavy atom. The Bertz CT molecular complexity index is 406. The van der Waals surface area contributed by atoms with Crippen LogP contribution in [0, 0.1) is 6.92 Å². The molecule has 0 aromatic carbocycles. The van der Waals surface area contributed by atoms with Gasteiger partial charge in [0.15, 0.2) is 0 Å². The van der Waals surface area contributed by atoms with Crippen LogP contribution < -0.4 is 0 Å². The van der Waals surface area contributed by atoms with Gasteiger partial charge >= 0.3 is 0 Å². The molecule has 0 fully saturated rings. The number of hydrogen-bond donors (Lipinski definition) is 1. The minimum Gasteiger partial charge on any atom is -0.345 e. The Morgan fingerprint density at radius 2 is 2.33 bits per heavy atom. The molecule has 0 amide bonds. The summed E-state index contributed by atoms with van der Waals surface area (Å²) in [7, 11) is 0. The van der Waals surface area contributed by atoms with Crippen LogP contribution in [0.25, 0.3) is 11.0 Å². The van der Waals surface area contributed by atoms with E-state index < -0.39 is 0 Å². The topological polar surface area (TPSA) is 28.7 Å². The molecule has 2 aromatic rings. The molecule has 0 spiro atoms. The number of hydrogen-bond acceptors (Lipinski definition) is 2. The molecule has 62 valence electrons. The molecule has 0 unspecified atom stereocenters. The third-order valence-electron chi connectivity index (χ3n) is 1.85. The Labute approximate surface area is 75.4 Å². The first-order valence-corrected chi connectivity index (χ1v) is 5.01. The summed E-state index contributed by atoms with van der Waals surface area (Å²) < 4.78 is 0. The van der Waals surface area contributed by atoms with Crippen LogP contribution >= 0.6 is 11.8 Å². The normalized spacial score (nSPS) is 10.8. The van der Waals surface area contributed by atoms with E-state index in [0.717, 1.165) is 5.65 Å². The maximum Gasteiger partial charge on any atom is 0.138 e. The van der Waals surface area contributed by atoms with Crippen LogP contribution in [-0.4, -0.2) is 16.2 Å². The van der Waals surface area contributed by atoms with Gasteiger partial charge in [-0.25, -0.2) is 4.98 Å². The van der Waals surface area contributed by atoms with Crippen LogP contribution in [0.15, 0.2) is 23.4 Å². The highest BCUT2D eigenvalue weighted by Gasteiger charge is 2.02. The van der Waals surface area contributed by atoms with Crippen molar-refractivity contribution in [1.29, 1.82) is 0 Å². The van der Waals surface area contributed by atoms with E-state index in [1.54, 1.807) is 11.8 Å². The molecule has 1 N–H and O–H groups in total. The lowest BCUT2D eigenvalue weighted by Crippen LogP contribution is -1.77. The smallest absolute Gasteiger partial charge is 0.138 e. The van der Waals surface area contributed by atoms with Crippen LogP contribution in [0.2, 0.25) is 0 Å². The summed E-state index contributed by atoms with van der Waals surface area (Å²) >= 11 is 1.74. The van der Waals surface area contributed by atoms with E-state index in [1.807, 2.05) is 12.4 Å². The standard InChI is InChI=1S/C9H10N2S/c1-6-3-7-8(12-2)5-11-9(7)10-4-6/h3-5H,1-2H3,(H,10,11). The quantitative estimate of drug-likeness (QED) is 0.680. The van der Waals surface area contributed by atoms with Crippen molar-refractivity contribution in [3.05, 3.63) is 24.0 Å². The van der Waals surface area contributed by atoms with Crippen molar-refractivity contribution in [2.75, 3.05) is 6.26 Å². The monoisotopic (exact) mass is 178 g/mol. The van der Waals surface area contributed by atoms with Gasteiger partial charge in [-0.15, -0.1) is 11.8 Å². The molecule has 3 heteroatoms. The van der Waals surface area contributed by atoms with Gasteiger partial charge in [0.05, 0.1) is 0 Å². The third kappa shape index (κ3) is 1.10. The molecule has 0 saturated carbocycles. The van der Waals surface area contributed by atoms with E-state index in [1.165, 1.54) is 15.8 Å². The molecule has 0 aliphatic rings. The molecular weight excluding hydrogens is 168 g/mol. The van der Waals surface area contributed by atoms with E-state index >= 15 is 0 Å². The van der Waals surface area contributed by atoms with Gasteiger partial charge in [0, 0.05) is 22.7 Å². The Kier molecular flexibility index (Phi) is 1.81. The summed E-state index contributed by atoms with van der Waals surface area (Å²) in [5, 5.41) is 1.22. The van der Waals surface area contributed by atoms with Crippen LogP contribution in [0.1, 0.15) is 5.56 Å². The fourth-order valence-electron chi connectivity index (χ4n) is 1.25. The SMILES string of the molecule is CSc1c[nH]c2ncc(C)cc12. The lowest BCUT2D eigenvalue weighted by molar-refractivity contribution is 1.28. The van der Waals surface area contributed by atoms with Crippen molar-refractivity contribution < 1.29 is 0 Å². The summed E-state index contributed by atoms with van der Waals surface area (Å²) in [5.74, 6) is 0. The second-order valence-electron chi connectivity index (χ2n) is 2.77. The number of rotatable bonds is 1. The highest BCUT2D eigenvalue weighted by atomic mass is 32.2. The van der Waals surface area contributed by atoms with Crippen molar-refractivity contribution in [2.24, 2.45) is 0 Å². The maximum absolute atomic E-state index is 4.28. The molecule has 0 bridgehead atoms. The van der Waals surface area contributed by atoms with Crippen LogP contribution in [-0.2, 0) is 0 Å². The second kappa shape index (κ2) is 2.83. The minimum atomic E-state index is 0.977. The lowest BCUT2D eigenvalue weighted by atomic mass is 10.2. The zero-order valence-electron chi connectivity index (χ0n) is 7.09. The minimum absolute atomic E-state index is 0.977. The van der Waals surface area contributed by atoms with E-state index in [2.05, 4.69) is 29.2 Å². The zero-order valence-corrected chi connectivity index (χ0v) is 7.90. The number of aromatic nitrogens is 2. The van der Waals surface area contributed by atoms with E-state index in [-0.39, 0.29) is 0 Å². The zero-order chi connectivity index (χ0) is 8.55. The first-order chi connectivity index (χ1) is 5.81. The van der Waals surface area contributed by atoms with Crippen LogP contribution in [0.5, 0.6) is 0 Å². The number of nitrogens with one attached hydrogen (secondary N) is 1. The molecule has 0 atom stereocenters. The Hall–Kier alpha value is -0.960. The van der Waals surface area contributed by atoms with E-state index in [0.29, 0.717) is 0 Å². The lowest BCUT2D eigenvalue weighted by Gasteiger charge is -1.93. The van der Waals surface area contributed by atoms with Gasteiger partial charge < -0.3 is 4.98 Å². The average molecular weight is 178 g/mol. The van der Waals surface area contributed by atoms with Gasteiger partial charge in [-0.2, -0.15) is 0 Å². The summed E-state index contributed by atoms with van der Waals surface area (Å²) in [6.07, 6.45) is 5.95. The van der Waals surface area contributed by atoms with Crippen molar-refractivity contribution in [3.8, 4) is 0 Å². The number of aromatic amines is 1. The first-order valence-electron chi connectivity index (χ1n) is 3.79. The molecule has 2 nitrogen and oxygen atoms in total. The van der Waals surface area contributed by atoms with E-state index in [4.69, 9.17) is 0 Å². The van der Waals surface area contributed by atoms with Gasteiger partial charge in [-0.05, 0) is 24.8 Å². The van der Waals surface area contributed by atoms with Crippen LogP contribution in [0.4, 0.5) is 0 Å². The highest BCUT2D eigenvalue weighted by Crippen LogP contribution is 2.24. The van der Waals surface area contributed by atoms with E-state index in [9.17, 15) is 0 Å². The number of aryl methyl sites for hydroxylation is 1. The average Bonchev–Trinajstić information content (AvgIpc) is 2.46. The van der Waals surface area contributed by atoms with Crippen molar-refractivity contribution >= 4 is 22.8 Å². The third-order valence-corrected chi connectivity index (χ3v) is 2.63. The fraction of sp³-hybridized carbons (Fsp3) is 0.222. The molecule has 2 rings (SSSR count). The first kappa shape index (κ1) is 7.68. The predicted molar refractivity (Wildman–Crippen MR) is 52.6 cm³/mol. The predicted octanol–water partition coefficient (Wildman–Crippen LogP) is 2.59. The maximum atomic E-state index is 4.28. The number of H-pyrrole nitrogens is 1. The molecule has 12 heavy (non-hydrogen) atoms. The highest BCUT2D eigenvalue weighted by molar-refractivity contribution is 7.98. The van der Waals surface area contributed by atoms with Crippen molar-refractivity contribution in [3.63, 3.8) is 0 Å². The molecule has 2 heterocycles. The number of thioether (sulfide) groups is 1. The number of nitrogens with zero attached hydrogens (tertiary/aromatic N) is 1. The molecule has 0 aliphatic carbocycles. The second-order valence-corrected chi connectivity index (χ2v) is 3.61. The van der Waals surface area contributed by atoms with Gasteiger partial charge in [-0.3, -0.25) is 0 Å². The molecule has 0 aliphatic heterocycles. The van der Waals surface area contributed by atoms with Gasteiger partial charge in [0.25, 0.3) is 0 Å². The molecule has 0 radical (unpaired) electrons. The number of fused-ring (bicyclic) bond motifs is 1. The number of pyridine rings is 1. The Balaban J connectivity index is 2.75.